The quantitative estimate of drug-likeness (QED) is 0.744. The number of methoxy groups -OCH3 is 1. The van der Waals surface area contributed by atoms with Gasteiger partial charge in [-0.05, 0) is 47.1 Å². The molecule has 3 rings (SSSR count). The Morgan fingerprint density at radius 2 is 1.88 bits per heavy atom. The fraction of sp³-hybridized carbons (Fsp3) is 0.368. The van der Waals surface area contributed by atoms with Crippen LogP contribution in [0.3, 0.4) is 0 Å². The number of ether oxygens (including phenoxy) is 2. The van der Waals surface area contributed by atoms with E-state index in [4.69, 9.17) is 9.47 Å². The van der Waals surface area contributed by atoms with E-state index in [9.17, 15) is 4.79 Å². The molecule has 0 radical (unpaired) electrons. The van der Waals surface area contributed by atoms with Gasteiger partial charge in [0.05, 0.1) is 18.2 Å². The van der Waals surface area contributed by atoms with Crippen LogP contribution in [0.2, 0.25) is 0 Å². The second kappa shape index (κ2) is 8.40. The van der Waals surface area contributed by atoms with Gasteiger partial charge in [0.25, 0.3) is 5.91 Å². The average molecular weight is 420 g/mol. The maximum Gasteiger partial charge on any atom is 0.254 e. The average Bonchev–Trinajstić information content (AvgIpc) is 2.69. The topological polar surface area (TPSA) is 54.9 Å². The predicted molar refractivity (Wildman–Crippen MR) is 104 cm³/mol. The number of anilines is 1. The smallest absolute Gasteiger partial charge is 0.254 e. The van der Waals surface area contributed by atoms with Crippen LogP contribution in [0.5, 0.6) is 11.5 Å². The van der Waals surface area contributed by atoms with Crippen LogP contribution in [0.1, 0.15) is 17.3 Å². The molecule has 0 atom stereocenters. The zero-order chi connectivity index (χ0) is 18.5. The van der Waals surface area contributed by atoms with E-state index in [0.717, 1.165) is 23.2 Å². The van der Waals surface area contributed by atoms with Crippen molar-refractivity contribution in [3.63, 3.8) is 0 Å². The van der Waals surface area contributed by atoms with Crippen LogP contribution in [0.15, 0.2) is 41.1 Å². The van der Waals surface area contributed by atoms with Gasteiger partial charge in [-0.2, -0.15) is 0 Å². The molecule has 0 unspecified atom stereocenters. The minimum absolute atomic E-state index is 0.00132. The van der Waals surface area contributed by atoms with Crippen LogP contribution in [-0.4, -0.2) is 55.7 Å². The van der Waals surface area contributed by atoms with Crippen molar-refractivity contribution in [1.29, 1.82) is 0 Å². The zero-order valence-electron chi connectivity index (χ0n) is 14.9. The Bertz CT molecular complexity index is 762. The molecule has 138 valence electrons. The lowest BCUT2D eigenvalue weighted by Gasteiger charge is -2.36. The normalized spacial score (nSPS) is 14.3. The molecule has 0 aliphatic carbocycles. The number of halogens is 1. The number of aromatic nitrogens is 1. The summed E-state index contributed by atoms with van der Waals surface area (Å²) in [5.74, 6) is 1.18. The van der Waals surface area contributed by atoms with Gasteiger partial charge in [0, 0.05) is 49.8 Å². The Balaban J connectivity index is 1.71. The molecule has 1 amide bonds. The van der Waals surface area contributed by atoms with Crippen molar-refractivity contribution in [1.82, 2.24) is 9.88 Å². The molecule has 0 N–H and O–H groups in total. The number of benzene rings is 1. The molecule has 2 aromatic rings. The molecular formula is C19H22BrN3O3. The number of hydrogen-bond donors (Lipinski definition) is 0. The first-order chi connectivity index (χ1) is 12.6. The molecular weight excluding hydrogens is 398 g/mol. The van der Waals surface area contributed by atoms with Crippen LogP contribution in [0.4, 0.5) is 5.69 Å². The summed E-state index contributed by atoms with van der Waals surface area (Å²) in [7, 11) is 1.58. The third kappa shape index (κ3) is 3.93. The van der Waals surface area contributed by atoms with Gasteiger partial charge in [0.15, 0.2) is 11.5 Å². The molecule has 0 saturated carbocycles. The van der Waals surface area contributed by atoms with Crippen molar-refractivity contribution in [3.8, 4) is 11.5 Å². The van der Waals surface area contributed by atoms with Crippen LogP contribution >= 0.6 is 15.9 Å². The zero-order valence-corrected chi connectivity index (χ0v) is 16.5. The van der Waals surface area contributed by atoms with Gasteiger partial charge in [-0.1, -0.05) is 0 Å². The highest BCUT2D eigenvalue weighted by atomic mass is 79.9. The van der Waals surface area contributed by atoms with Crippen LogP contribution < -0.4 is 14.4 Å². The number of pyridine rings is 1. The van der Waals surface area contributed by atoms with Gasteiger partial charge in [0.1, 0.15) is 0 Å². The summed E-state index contributed by atoms with van der Waals surface area (Å²) in [6.07, 6.45) is 3.58. The van der Waals surface area contributed by atoms with E-state index in [1.807, 2.05) is 24.0 Å². The Kier molecular flexibility index (Phi) is 5.98. The molecule has 26 heavy (non-hydrogen) atoms. The van der Waals surface area contributed by atoms with Gasteiger partial charge in [0.2, 0.25) is 0 Å². The van der Waals surface area contributed by atoms with Crippen molar-refractivity contribution in [3.05, 3.63) is 46.7 Å². The lowest BCUT2D eigenvalue weighted by atomic mass is 10.1. The molecule has 0 bridgehead atoms. The van der Waals surface area contributed by atoms with Gasteiger partial charge >= 0.3 is 0 Å². The minimum atomic E-state index is 0.00132. The van der Waals surface area contributed by atoms with Crippen molar-refractivity contribution in [2.45, 2.75) is 6.92 Å². The van der Waals surface area contributed by atoms with Crippen LogP contribution in [-0.2, 0) is 0 Å². The second-order valence-corrected chi connectivity index (χ2v) is 6.76. The lowest BCUT2D eigenvalue weighted by Crippen LogP contribution is -2.48. The van der Waals surface area contributed by atoms with E-state index in [1.54, 1.807) is 31.6 Å². The van der Waals surface area contributed by atoms with Crippen molar-refractivity contribution in [2.24, 2.45) is 0 Å². The Morgan fingerprint density at radius 1 is 1.19 bits per heavy atom. The highest BCUT2D eigenvalue weighted by Crippen LogP contribution is 2.37. The molecule has 7 heteroatoms. The number of piperazine rings is 1. The van der Waals surface area contributed by atoms with E-state index in [0.29, 0.717) is 36.8 Å². The number of nitrogens with zero attached hydrogens (tertiary/aromatic N) is 3. The molecule has 1 aromatic carbocycles. The summed E-state index contributed by atoms with van der Waals surface area (Å²) in [5, 5.41) is 0. The highest BCUT2D eigenvalue weighted by Gasteiger charge is 2.24. The van der Waals surface area contributed by atoms with Crippen molar-refractivity contribution < 1.29 is 14.3 Å². The Hall–Kier alpha value is -2.28. The number of hydrogen-bond acceptors (Lipinski definition) is 5. The molecule has 1 saturated heterocycles. The molecule has 1 fully saturated rings. The summed E-state index contributed by atoms with van der Waals surface area (Å²) >= 11 is 3.48. The third-order valence-corrected chi connectivity index (χ3v) is 4.95. The lowest BCUT2D eigenvalue weighted by molar-refractivity contribution is 0.0746. The molecule has 1 aromatic heterocycles. The first-order valence-electron chi connectivity index (χ1n) is 8.58. The SMILES string of the molecule is CCOc1c(Br)cc(C(=O)N2CCN(c3ccncc3)CC2)cc1OC. The molecule has 6 nitrogen and oxygen atoms in total. The maximum absolute atomic E-state index is 12.9. The van der Waals surface area contributed by atoms with E-state index >= 15 is 0 Å². The van der Waals surface area contributed by atoms with Gasteiger partial charge < -0.3 is 19.3 Å². The fourth-order valence-electron chi connectivity index (χ4n) is 3.03. The largest absolute Gasteiger partial charge is 0.493 e. The van der Waals surface area contributed by atoms with Gasteiger partial charge in [-0.3, -0.25) is 9.78 Å². The van der Waals surface area contributed by atoms with Crippen molar-refractivity contribution >= 4 is 27.5 Å². The second-order valence-electron chi connectivity index (χ2n) is 5.91. The number of carbonyl (C=O) groups is 1. The summed E-state index contributed by atoms with van der Waals surface area (Å²) in [5.41, 5.74) is 1.73. The van der Waals surface area contributed by atoms with E-state index < -0.39 is 0 Å². The van der Waals surface area contributed by atoms with E-state index in [1.165, 1.54) is 0 Å². The third-order valence-electron chi connectivity index (χ3n) is 4.36. The van der Waals surface area contributed by atoms with E-state index in [2.05, 4.69) is 25.8 Å². The predicted octanol–water partition coefficient (Wildman–Crippen LogP) is 3.21. The Morgan fingerprint density at radius 3 is 2.50 bits per heavy atom. The van der Waals surface area contributed by atoms with Crippen LogP contribution in [0, 0.1) is 0 Å². The number of rotatable bonds is 5. The summed E-state index contributed by atoms with van der Waals surface area (Å²) in [6, 6.07) is 7.52. The van der Waals surface area contributed by atoms with E-state index in [-0.39, 0.29) is 5.91 Å². The summed E-state index contributed by atoms with van der Waals surface area (Å²) < 4.78 is 11.7. The first kappa shape index (κ1) is 18.5. The van der Waals surface area contributed by atoms with Gasteiger partial charge in [-0.25, -0.2) is 0 Å². The molecule has 0 spiro atoms. The molecule has 1 aliphatic heterocycles. The Labute approximate surface area is 161 Å². The number of amides is 1. The van der Waals surface area contributed by atoms with Gasteiger partial charge in [-0.15, -0.1) is 0 Å². The summed E-state index contributed by atoms with van der Waals surface area (Å²) in [6.45, 7) is 5.38. The van der Waals surface area contributed by atoms with Crippen molar-refractivity contribution in [2.75, 3.05) is 44.8 Å². The van der Waals surface area contributed by atoms with Crippen LogP contribution in [0.25, 0.3) is 0 Å². The monoisotopic (exact) mass is 419 g/mol. The standard InChI is InChI=1S/C19H22BrN3O3/c1-3-26-18-16(20)12-14(13-17(18)25-2)19(24)23-10-8-22(9-11-23)15-4-6-21-7-5-15/h4-7,12-13H,3,8-11H2,1-2H3. The molecule has 2 heterocycles. The number of carbonyl (C=O) groups excluding carboxylic acids is 1. The first-order valence-corrected chi connectivity index (χ1v) is 9.38. The maximum atomic E-state index is 12.9. The minimum Gasteiger partial charge on any atom is -0.493 e. The fourth-order valence-corrected chi connectivity index (χ4v) is 3.59. The summed E-state index contributed by atoms with van der Waals surface area (Å²) in [4.78, 5) is 21.1. The highest BCUT2D eigenvalue weighted by molar-refractivity contribution is 9.10. The molecule has 1 aliphatic rings.